The summed E-state index contributed by atoms with van der Waals surface area (Å²) in [4.78, 5) is 0. The van der Waals surface area contributed by atoms with Crippen molar-refractivity contribution in [3.05, 3.63) is 35.4 Å². The fourth-order valence-electron chi connectivity index (χ4n) is 1.62. The molecule has 3 N–H and O–H groups in total. The Morgan fingerprint density at radius 1 is 1.33 bits per heavy atom. The first kappa shape index (κ1) is 13.1. The fourth-order valence-corrected chi connectivity index (χ4v) is 2.97. The van der Waals surface area contributed by atoms with Crippen molar-refractivity contribution in [2.24, 2.45) is 5.73 Å². The maximum atomic E-state index is 11.7. The first-order valence-corrected chi connectivity index (χ1v) is 7.43. The molecule has 0 amide bonds. The lowest BCUT2D eigenvalue weighted by Crippen LogP contribution is -2.27. The van der Waals surface area contributed by atoms with Crippen LogP contribution < -0.4 is 10.5 Å². The third kappa shape index (κ3) is 3.33. The third-order valence-corrected chi connectivity index (χ3v) is 4.67. The summed E-state index contributed by atoms with van der Waals surface area (Å²) in [6.45, 7) is 0.580. The molecule has 0 saturated heterocycles. The predicted molar refractivity (Wildman–Crippen MR) is 71.2 cm³/mol. The molecule has 0 heterocycles. The lowest BCUT2D eigenvalue weighted by molar-refractivity contribution is 0.580. The standard InChI is InChI=1S/C13H16N2O2S/c14-9-3-6-11-4-1-2-5-12(11)10-15-18(16,17)13-7-8-13/h1-2,4-5,13,15H,7-10,14H2. The molecule has 0 aliphatic heterocycles. The third-order valence-electron chi connectivity index (χ3n) is 2.77. The largest absolute Gasteiger partial charge is 0.320 e. The maximum Gasteiger partial charge on any atom is 0.214 e. The van der Waals surface area contributed by atoms with E-state index >= 15 is 0 Å². The topological polar surface area (TPSA) is 72.2 Å². The molecule has 1 saturated carbocycles. The molecule has 18 heavy (non-hydrogen) atoms. The van der Waals surface area contributed by atoms with E-state index in [0.717, 1.165) is 24.0 Å². The molecule has 0 bridgehead atoms. The van der Waals surface area contributed by atoms with E-state index in [9.17, 15) is 8.42 Å². The first-order chi connectivity index (χ1) is 8.63. The number of nitrogens with one attached hydrogen (secondary N) is 1. The maximum absolute atomic E-state index is 11.7. The van der Waals surface area contributed by atoms with Crippen LogP contribution in [-0.2, 0) is 16.6 Å². The molecule has 0 unspecified atom stereocenters. The van der Waals surface area contributed by atoms with Crippen molar-refractivity contribution in [1.82, 2.24) is 4.72 Å². The Kier molecular flexibility index (Phi) is 4.02. The van der Waals surface area contributed by atoms with Gasteiger partial charge in [-0.3, -0.25) is 0 Å². The smallest absolute Gasteiger partial charge is 0.214 e. The van der Waals surface area contributed by atoms with Crippen LogP contribution in [0.4, 0.5) is 0 Å². The predicted octanol–water partition coefficient (Wildman–Crippen LogP) is 0.579. The van der Waals surface area contributed by atoms with Gasteiger partial charge in [-0.1, -0.05) is 30.0 Å². The van der Waals surface area contributed by atoms with Crippen molar-refractivity contribution in [2.75, 3.05) is 6.54 Å². The number of sulfonamides is 1. The quantitative estimate of drug-likeness (QED) is 0.781. The Morgan fingerprint density at radius 3 is 2.72 bits per heavy atom. The Balaban J connectivity index is 2.09. The van der Waals surface area contributed by atoms with Crippen molar-refractivity contribution in [1.29, 1.82) is 0 Å². The minimum atomic E-state index is -3.15. The van der Waals surface area contributed by atoms with Gasteiger partial charge in [-0.2, -0.15) is 0 Å². The van der Waals surface area contributed by atoms with E-state index in [1.54, 1.807) is 0 Å². The zero-order valence-electron chi connectivity index (χ0n) is 10.0. The normalized spacial score (nSPS) is 14.9. The summed E-state index contributed by atoms with van der Waals surface area (Å²) in [5.41, 5.74) is 7.03. The van der Waals surface area contributed by atoms with Crippen molar-refractivity contribution in [2.45, 2.75) is 24.6 Å². The van der Waals surface area contributed by atoms with E-state index in [4.69, 9.17) is 5.73 Å². The molecule has 0 spiro atoms. The summed E-state index contributed by atoms with van der Waals surface area (Å²) >= 11 is 0. The summed E-state index contributed by atoms with van der Waals surface area (Å²) in [6.07, 6.45) is 1.54. The minimum absolute atomic E-state index is 0.195. The molecule has 1 aromatic rings. The van der Waals surface area contributed by atoms with Crippen molar-refractivity contribution in [3.63, 3.8) is 0 Å². The Morgan fingerprint density at radius 2 is 2.06 bits per heavy atom. The average Bonchev–Trinajstić information content (AvgIpc) is 3.19. The molecule has 96 valence electrons. The number of hydrogen-bond acceptors (Lipinski definition) is 3. The summed E-state index contributed by atoms with van der Waals surface area (Å²) in [7, 11) is -3.15. The highest BCUT2D eigenvalue weighted by Crippen LogP contribution is 2.27. The lowest BCUT2D eigenvalue weighted by Gasteiger charge is -2.07. The Hall–Kier alpha value is -1.35. The van der Waals surface area contributed by atoms with Crippen LogP contribution in [0.25, 0.3) is 0 Å². The van der Waals surface area contributed by atoms with Crippen LogP contribution in [0.5, 0.6) is 0 Å². The zero-order valence-corrected chi connectivity index (χ0v) is 10.8. The van der Waals surface area contributed by atoms with Crippen molar-refractivity contribution < 1.29 is 8.42 Å². The molecule has 1 fully saturated rings. The van der Waals surface area contributed by atoms with Crippen molar-refractivity contribution >= 4 is 10.0 Å². The highest BCUT2D eigenvalue weighted by Gasteiger charge is 2.35. The molecule has 0 aromatic heterocycles. The van der Waals surface area contributed by atoms with Crippen LogP contribution in [0.1, 0.15) is 24.0 Å². The van der Waals surface area contributed by atoms with Gasteiger partial charge in [0.1, 0.15) is 0 Å². The minimum Gasteiger partial charge on any atom is -0.320 e. The van der Waals surface area contributed by atoms with E-state index < -0.39 is 10.0 Å². The highest BCUT2D eigenvalue weighted by molar-refractivity contribution is 7.90. The highest BCUT2D eigenvalue weighted by atomic mass is 32.2. The van der Waals surface area contributed by atoms with Gasteiger partial charge in [0, 0.05) is 12.1 Å². The monoisotopic (exact) mass is 264 g/mol. The van der Waals surface area contributed by atoms with Gasteiger partial charge in [-0.05, 0) is 24.5 Å². The van der Waals surface area contributed by atoms with Gasteiger partial charge in [0.25, 0.3) is 0 Å². The molecule has 5 heteroatoms. The number of nitrogens with two attached hydrogens (primary N) is 1. The zero-order chi connectivity index (χ0) is 13.0. The average molecular weight is 264 g/mol. The second-order valence-corrected chi connectivity index (χ2v) is 6.27. The van der Waals surface area contributed by atoms with Crippen molar-refractivity contribution in [3.8, 4) is 11.8 Å². The van der Waals surface area contributed by atoms with E-state index in [1.165, 1.54) is 0 Å². The van der Waals surface area contributed by atoms with E-state index in [1.807, 2.05) is 24.3 Å². The van der Waals surface area contributed by atoms with Gasteiger partial charge >= 0.3 is 0 Å². The van der Waals surface area contributed by atoms with Crippen LogP contribution in [0.3, 0.4) is 0 Å². The summed E-state index contributed by atoms with van der Waals surface area (Å²) in [5.74, 6) is 5.72. The molecule has 2 rings (SSSR count). The molecular weight excluding hydrogens is 248 g/mol. The van der Waals surface area contributed by atoms with Crippen LogP contribution in [0.15, 0.2) is 24.3 Å². The Bertz CT molecular complexity index is 580. The molecular formula is C13H16N2O2S. The van der Waals surface area contributed by atoms with Crippen LogP contribution >= 0.6 is 0 Å². The second kappa shape index (κ2) is 5.53. The van der Waals surface area contributed by atoms with Gasteiger partial charge in [0.15, 0.2) is 0 Å². The van der Waals surface area contributed by atoms with Crippen LogP contribution in [0.2, 0.25) is 0 Å². The number of benzene rings is 1. The fraction of sp³-hybridized carbons (Fsp3) is 0.385. The summed E-state index contributed by atoms with van der Waals surface area (Å²) in [6, 6.07) is 7.48. The molecule has 1 aromatic carbocycles. The van der Waals surface area contributed by atoms with E-state index in [0.29, 0.717) is 6.54 Å². The lowest BCUT2D eigenvalue weighted by atomic mass is 10.1. The number of hydrogen-bond donors (Lipinski definition) is 2. The van der Waals surface area contributed by atoms with E-state index in [2.05, 4.69) is 16.6 Å². The summed E-state index contributed by atoms with van der Waals surface area (Å²) in [5, 5.41) is -0.195. The summed E-state index contributed by atoms with van der Waals surface area (Å²) < 4.78 is 26.1. The van der Waals surface area contributed by atoms with Gasteiger partial charge in [0.05, 0.1) is 11.8 Å². The Labute approximate surface area is 108 Å². The van der Waals surface area contributed by atoms with Crippen LogP contribution in [0, 0.1) is 11.8 Å². The first-order valence-electron chi connectivity index (χ1n) is 5.89. The van der Waals surface area contributed by atoms with Gasteiger partial charge in [-0.25, -0.2) is 13.1 Å². The molecule has 0 radical (unpaired) electrons. The number of rotatable bonds is 4. The van der Waals surface area contributed by atoms with Gasteiger partial charge < -0.3 is 5.73 Å². The van der Waals surface area contributed by atoms with Gasteiger partial charge in [-0.15, -0.1) is 0 Å². The molecule has 4 nitrogen and oxygen atoms in total. The SMILES string of the molecule is NCC#Cc1ccccc1CNS(=O)(=O)C1CC1. The molecule has 1 aliphatic rings. The van der Waals surface area contributed by atoms with E-state index in [-0.39, 0.29) is 11.8 Å². The molecule has 0 atom stereocenters. The van der Waals surface area contributed by atoms with Gasteiger partial charge in [0.2, 0.25) is 10.0 Å². The second-order valence-electron chi connectivity index (χ2n) is 4.23. The molecule has 1 aliphatic carbocycles. The van der Waals surface area contributed by atoms with Crippen LogP contribution in [-0.4, -0.2) is 20.2 Å².